The van der Waals surface area contributed by atoms with Crippen molar-refractivity contribution in [3.05, 3.63) is 63.6 Å². The van der Waals surface area contributed by atoms with Gasteiger partial charge < -0.3 is 15.0 Å². The maximum Gasteiger partial charge on any atom is 0.248 e. The summed E-state index contributed by atoms with van der Waals surface area (Å²) in [4.78, 5) is 14.5. The molecular weight excluding hydrogens is 312 g/mol. The van der Waals surface area contributed by atoms with Gasteiger partial charge in [-0.25, -0.2) is 0 Å². The second-order valence-electron chi connectivity index (χ2n) is 7.25. The van der Waals surface area contributed by atoms with E-state index in [-0.39, 0.29) is 5.56 Å². The van der Waals surface area contributed by atoms with E-state index in [9.17, 15) is 4.79 Å². The Labute approximate surface area is 148 Å². The van der Waals surface area contributed by atoms with Crippen molar-refractivity contribution in [2.75, 3.05) is 0 Å². The number of aromatic amines is 1. The molecule has 4 heteroatoms. The lowest BCUT2D eigenvalue weighted by Crippen LogP contribution is -2.27. The number of rotatable bonds is 5. The summed E-state index contributed by atoms with van der Waals surface area (Å²) in [5.74, 6) is 0.986. The van der Waals surface area contributed by atoms with Crippen LogP contribution >= 0.6 is 0 Å². The molecule has 0 amide bonds. The van der Waals surface area contributed by atoms with Crippen molar-refractivity contribution in [3.63, 3.8) is 0 Å². The van der Waals surface area contributed by atoms with Crippen LogP contribution in [0.3, 0.4) is 0 Å². The van der Waals surface area contributed by atoms with Crippen molar-refractivity contribution >= 4 is 0 Å². The van der Waals surface area contributed by atoms with Crippen molar-refractivity contribution < 1.29 is 4.74 Å². The number of hydrogen-bond donors (Lipinski definition) is 2. The van der Waals surface area contributed by atoms with Crippen LogP contribution in [0.4, 0.5) is 0 Å². The van der Waals surface area contributed by atoms with E-state index in [0.717, 1.165) is 37.3 Å². The van der Waals surface area contributed by atoms with E-state index in [1.54, 1.807) is 6.07 Å². The third kappa shape index (κ3) is 3.96. The van der Waals surface area contributed by atoms with Crippen LogP contribution in [-0.4, -0.2) is 11.1 Å². The Morgan fingerprint density at radius 3 is 2.84 bits per heavy atom. The predicted octanol–water partition coefficient (Wildman–Crippen LogP) is 3.86. The number of nitrogens with one attached hydrogen (secondary N) is 2. The van der Waals surface area contributed by atoms with Gasteiger partial charge in [0.2, 0.25) is 5.56 Å². The van der Waals surface area contributed by atoms with Crippen LogP contribution in [0.1, 0.15) is 61.4 Å². The Kier molecular flexibility index (Phi) is 4.88. The molecule has 1 saturated carbocycles. The van der Waals surface area contributed by atoms with Gasteiger partial charge in [0.15, 0.2) is 0 Å². The SMILES string of the molecule is O=c1ccc2c([nH]1)CCC[C@@H]2NCc1cccc(OC2CCCC2)c1. The van der Waals surface area contributed by atoms with Gasteiger partial charge in [0, 0.05) is 24.3 Å². The fourth-order valence-corrected chi connectivity index (χ4v) is 4.08. The third-order valence-electron chi connectivity index (χ3n) is 5.39. The molecule has 132 valence electrons. The van der Waals surface area contributed by atoms with Crippen molar-refractivity contribution in [3.8, 4) is 5.75 Å². The molecule has 2 aliphatic carbocycles. The van der Waals surface area contributed by atoms with Gasteiger partial charge in [0.25, 0.3) is 0 Å². The molecule has 2 aliphatic rings. The normalized spacial score (nSPS) is 20.4. The Balaban J connectivity index is 1.41. The van der Waals surface area contributed by atoms with E-state index in [0.29, 0.717) is 12.1 Å². The molecular formula is C21H26N2O2. The van der Waals surface area contributed by atoms with Gasteiger partial charge in [-0.05, 0) is 68.2 Å². The summed E-state index contributed by atoms with van der Waals surface area (Å²) < 4.78 is 6.11. The minimum Gasteiger partial charge on any atom is -0.490 e. The summed E-state index contributed by atoms with van der Waals surface area (Å²) in [6.07, 6.45) is 8.51. The number of pyridine rings is 1. The minimum absolute atomic E-state index is 0.00355. The van der Waals surface area contributed by atoms with Crippen LogP contribution in [0.25, 0.3) is 0 Å². The molecule has 1 aromatic carbocycles. The highest BCUT2D eigenvalue weighted by atomic mass is 16.5. The predicted molar refractivity (Wildman–Crippen MR) is 98.9 cm³/mol. The molecule has 0 aliphatic heterocycles. The highest BCUT2D eigenvalue weighted by molar-refractivity contribution is 5.30. The van der Waals surface area contributed by atoms with Crippen LogP contribution in [0.5, 0.6) is 5.75 Å². The Bertz CT molecular complexity index is 777. The molecule has 0 radical (unpaired) electrons. The van der Waals surface area contributed by atoms with Crippen molar-refractivity contribution in [2.24, 2.45) is 0 Å². The summed E-state index contributed by atoms with van der Waals surface area (Å²) in [6, 6.07) is 12.3. The lowest BCUT2D eigenvalue weighted by atomic mass is 9.91. The summed E-state index contributed by atoms with van der Waals surface area (Å²) in [6.45, 7) is 0.811. The number of ether oxygens (including phenoxy) is 1. The molecule has 2 aromatic rings. The molecule has 0 bridgehead atoms. The minimum atomic E-state index is -0.00355. The van der Waals surface area contributed by atoms with E-state index >= 15 is 0 Å². The smallest absolute Gasteiger partial charge is 0.248 e. The van der Waals surface area contributed by atoms with E-state index in [1.165, 1.54) is 36.8 Å². The van der Waals surface area contributed by atoms with E-state index in [2.05, 4.69) is 34.6 Å². The number of hydrogen-bond acceptors (Lipinski definition) is 3. The lowest BCUT2D eigenvalue weighted by Gasteiger charge is -2.26. The number of aryl methyl sites for hydroxylation is 1. The molecule has 25 heavy (non-hydrogen) atoms. The second-order valence-corrected chi connectivity index (χ2v) is 7.25. The fourth-order valence-electron chi connectivity index (χ4n) is 4.08. The molecule has 1 fully saturated rings. The van der Waals surface area contributed by atoms with Crippen LogP contribution < -0.4 is 15.6 Å². The zero-order valence-electron chi connectivity index (χ0n) is 14.6. The van der Waals surface area contributed by atoms with Crippen LogP contribution in [0.2, 0.25) is 0 Å². The van der Waals surface area contributed by atoms with Gasteiger partial charge in [-0.2, -0.15) is 0 Å². The molecule has 2 N–H and O–H groups in total. The zero-order chi connectivity index (χ0) is 17.1. The van der Waals surface area contributed by atoms with Gasteiger partial charge >= 0.3 is 0 Å². The summed E-state index contributed by atoms with van der Waals surface area (Å²) in [5, 5.41) is 3.66. The number of H-pyrrole nitrogens is 1. The maximum atomic E-state index is 11.5. The van der Waals surface area contributed by atoms with Crippen LogP contribution in [0.15, 0.2) is 41.2 Å². The van der Waals surface area contributed by atoms with Gasteiger partial charge in [0.05, 0.1) is 6.10 Å². The van der Waals surface area contributed by atoms with Gasteiger partial charge in [-0.3, -0.25) is 4.79 Å². The standard InChI is InChI=1S/C21H26N2O2/c24-21-12-11-18-19(9-4-10-20(18)23-21)22-14-15-5-3-8-17(13-15)25-16-6-1-2-7-16/h3,5,8,11-13,16,19,22H,1-2,4,6-7,9-10,14H2,(H,23,24)/t19-/m0/s1. The van der Waals surface area contributed by atoms with Crippen molar-refractivity contribution in [2.45, 2.75) is 63.6 Å². The quantitative estimate of drug-likeness (QED) is 0.870. The molecule has 1 atom stereocenters. The summed E-state index contributed by atoms with van der Waals surface area (Å²) in [7, 11) is 0. The van der Waals surface area contributed by atoms with Crippen molar-refractivity contribution in [1.82, 2.24) is 10.3 Å². The second kappa shape index (κ2) is 7.44. The molecule has 4 rings (SSSR count). The highest BCUT2D eigenvalue weighted by Crippen LogP contribution is 2.28. The molecule has 0 saturated heterocycles. The Morgan fingerprint density at radius 1 is 1.08 bits per heavy atom. The number of benzene rings is 1. The third-order valence-corrected chi connectivity index (χ3v) is 5.39. The first-order chi connectivity index (χ1) is 12.3. The Hall–Kier alpha value is -2.07. The molecule has 1 aromatic heterocycles. The topological polar surface area (TPSA) is 54.1 Å². The van der Waals surface area contributed by atoms with E-state index < -0.39 is 0 Å². The number of fused-ring (bicyclic) bond motifs is 1. The van der Waals surface area contributed by atoms with Crippen molar-refractivity contribution in [1.29, 1.82) is 0 Å². The van der Waals surface area contributed by atoms with Crippen LogP contribution in [0, 0.1) is 0 Å². The average molecular weight is 338 g/mol. The van der Waals surface area contributed by atoms with E-state index in [1.807, 2.05) is 6.07 Å². The molecule has 4 nitrogen and oxygen atoms in total. The maximum absolute atomic E-state index is 11.5. The summed E-state index contributed by atoms with van der Waals surface area (Å²) in [5.41, 5.74) is 3.57. The average Bonchev–Trinajstić information content (AvgIpc) is 3.13. The van der Waals surface area contributed by atoms with Gasteiger partial charge in [-0.1, -0.05) is 18.2 Å². The highest BCUT2D eigenvalue weighted by Gasteiger charge is 2.20. The van der Waals surface area contributed by atoms with Gasteiger partial charge in [0.1, 0.15) is 5.75 Å². The first-order valence-electron chi connectivity index (χ1n) is 9.49. The number of aromatic nitrogens is 1. The van der Waals surface area contributed by atoms with E-state index in [4.69, 9.17) is 4.74 Å². The molecule has 1 heterocycles. The first-order valence-corrected chi connectivity index (χ1v) is 9.49. The monoisotopic (exact) mass is 338 g/mol. The first kappa shape index (κ1) is 16.4. The Morgan fingerprint density at radius 2 is 1.96 bits per heavy atom. The largest absolute Gasteiger partial charge is 0.490 e. The molecule has 0 spiro atoms. The zero-order valence-corrected chi connectivity index (χ0v) is 14.6. The molecule has 0 unspecified atom stereocenters. The summed E-state index contributed by atoms with van der Waals surface area (Å²) >= 11 is 0. The van der Waals surface area contributed by atoms with Gasteiger partial charge in [-0.15, -0.1) is 0 Å². The van der Waals surface area contributed by atoms with Crippen LogP contribution in [-0.2, 0) is 13.0 Å². The lowest BCUT2D eigenvalue weighted by molar-refractivity contribution is 0.210. The fraction of sp³-hybridized carbons (Fsp3) is 0.476.